The third-order valence-electron chi connectivity index (χ3n) is 11.0. The van der Waals surface area contributed by atoms with Gasteiger partial charge in [-0.05, 0) is 69.1 Å². The molecule has 9 heteroatoms. The van der Waals surface area contributed by atoms with Gasteiger partial charge in [-0.15, -0.1) is 0 Å². The van der Waals surface area contributed by atoms with Gasteiger partial charge >= 0.3 is 11.9 Å². The summed E-state index contributed by atoms with van der Waals surface area (Å²) >= 11 is 0. The van der Waals surface area contributed by atoms with E-state index >= 15 is 0 Å². The molecule has 258 valence electrons. The summed E-state index contributed by atoms with van der Waals surface area (Å²) in [5, 5.41) is 0.891. The van der Waals surface area contributed by atoms with E-state index in [-0.39, 0.29) is 43.1 Å². The highest BCUT2D eigenvalue weighted by molar-refractivity contribution is 5.89. The molecule has 7 rings (SSSR count). The first kappa shape index (κ1) is 33.1. The molecule has 2 aliphatic carbocycles. The monoisotopic (exact) mass is 666 g/mol. The molecule has 3 aromatic rings. The maximum Gasteiger partial charge on any atom is 0.328 e. The topological polar surface area (TPSA) is 104 Å². The van der Waals surface area contributed by atoms with Crippen molar-refractivity contribution in [3.8, 4) is 11.6 Å². The van der Waals surface area contributed by atoms with E-state index in [1.54, 1.807) is 4.90 Å². The fourth-order valence-corrected chi connectivity index (χ4v) is 8.10. The number of hydrogen-bond donors (Lipinski definition) is 0. The Morgan fingerprint density at radius 3 is 2.59 bits per heavy atom. The lowest BCUT2D eigenvalue weighted by Crippen LogP contribution is -2.46. The Hall–Kier alpha value is -4.40. The summed E-state index contributed by atoms with van der Waals surface area (Å²) in [6, 6.07) is 17.1. The SMILES string of the molecule is COC(=O)[C@@H]1C[C@@H]2CN1C(=O)[C@H](C1CCCC1)CC(=O)O[C@@]1(C)C[C@@H]1CC/C=C/Cc1c(nc3ccccc3c1OCc1ccccc1)O2. The predicted octanol–water partition coefficient (Wildman–Crippen LogP) is 6.75. The van der Waals surface area contributed by atoms with Gasteiger partial charge in [0.1, 0.15) is 30.1 Å². The lowest BCUT2D eigenvalue weighted by atomic mass is 9.86. The number of esters is 2. The maximum atomic E-state index is 14.4. The summed E-state index contributed by atoms with van der Waals surface area (Å²) in [6.45, 7) is 2.56. The van der Waals surface area contributed by atoms with Crippen LogP contribution in [0, 0.1) is 17.8 Å². The zero-order valence-electron chi connectivity index (χ0n) is 28.5. The highest BCUT2D eigenvalue weighted by Crippen LogP contribution is 2.50. The summed E-state index contributed by atoms with van der Waals surface area (Å²) in [7, 11) is 1.34. The Morgan fingerprint density at radius 1 is 1.02 bits per heavy atom. The van der Waals surface area contributed by atoms with Gasteiger partial charge < -0.3 is 23.8 Å². The standard InChI is InChI=1S/C40H46N2O7/c1-40-23-28(40)17-7-4-8-19-31-36(47-25-26-13-5-3-6-14-26)30-18-11-12-20-33(30)41-37(31)48-29-21-34(39(45)46-2)42(24-29)38(44)32(22-35(43)49-40)27-15-9-10-16-27/h3-6,8,11-14,18,20,27-29,32,34H,7,9-10,15-17,19,21-25H2,1-2H3/b8-4+/t28-,29+,32-,34-,40-/m0/s1. The molecule has 2 aliphatic heterocycles. The normalized spacial score (nSPS) is 28.4. The van der Waals surface area contributed by atoms with E-state index in [4.69, 9.17) is 23.9 Å². The Balaban J connectivity index is 1.27. The van der Waals surface area contributed by atoms with Gasteiger partial charge in [0.2, 0.25) is 11.8 Å². The molecule has 2 bridgehead atoms. The summed E-state index contributed by atoms with van der Waals surface area (Å²) in [5.41, 5.74) is 2.10. The van der Waals surface area contributed by atoms with Crippen LogP contribution in [-0.4, -0.2) is 59.1 Å². The number of carbonyl (C=O) groups is 3. The second-order valence-corrected chi connectivity index (χ2v) is 14.3. The van der Waals surface area contributed by atoms with Gasteiger partial charge in [-0.3, -0.25) is 9.59 Å². The van der Waals surface area contributed by atoms with E-state index in [2.05, 4.69) is 12.2 Å². The quantitative estimate of drug-likeness (QED) is 0.218. The van der Waals surface area contributed by atoms with E-state index in [9.17, 15) is 14.4 Å². The molecule has 0 spiro atoms. The molecule has 9 nitrogen and oxygen atoms in total. The first-order valence-corrected chi connectivity index (χ1v) is 17.8. The van der Waals surface area contributed by atoms with Crippen molar-refractivity contribution in [2.75, 3.05) is 13.7 Å². The number of benzene rings is 2. The minimum atomic E-state index is -0.826. The zero-order valence-corrected chi connectivity index (χ0v) is 28.5. The van der Waals surface area contributed by atoms with Crippen LogP contribution in [0.15, 0.2) is 66.7 Å². The molecular weight excluding hydrogens is 620 g/mol. The minimum absolute atomic E-state index is 0.0140. The Labute approximate surface area is 287 Å². The number of allylic oxidation sites excluding steroid dienone is 2. The molecule has 1 amide bonds. The zero-order chi connectivity index (χ0) is 34.0. The largest absolute Gasteiger partial charge is 0.488 e. The van der Waals surface area contributed by atoms with Crippen molar-refractivity contribution in [2.45, 2.75) is 95.5 Å². The Bertz CT molecular complexity index is 1720. The number of methoxy groups -OCH3 is 1. The van der Waals surface area contributed by atoms with Crippen molar-refractivity contribution in [3.05, 3.63) is 77.9 Å². The fourth-order valence-electron chi connectivity index (χ4n) is 8.10. The lowest BCUT2D eigenvalue weighted by molar-refractivity contribution is -0.158. The van der Waals surface area contributed by atoms with E-state index in [1.165, 1.54) is 7.11 Å². The average Bonchev–Trinajstić information content (AvgIpc) is 3.46. The van der Waals surface area contributed by atoms with Crippen LogP contribution in [-0.2, 0) is 36.9 Å². The Kier molecular flexibility index (Phi) is 9.61. The lowest BCUT2D eigenvalue weighted by Gasteiger charge is -2.30. The number of para-hydroxylation sites is 1. The molecule has 1 saturated heterocycles. The minimum Gasteiger partial charge on any atom is -0.488 e. The smallest absolute Gasteiger partial charge is 0.328 e. The van der Waals surface area contributed by atoms with Crippen LogP contribution in [0.1, 0.15) is 75.8 Å². The van der Waals surface area contributed by atoms with Gasteiger partial charge in [-0.25, -0.2) is 9.78 Å². The number of ether oxygens (including phenoxy) is 4. The first-order valence-electron chi connectivity index (χ1n) is 17.8. The molecule has 1 aromatic heterocycles. The molecule has 3 fully saturated rings. The second-order valence-electron chi connectivity index (χ2n) is 14.3. The highest BCUT2D eigenvalue weighted by atomic mass is 16.6. The van der Waals surface area contributed by atoms with E-state index < -0.39 is 29.6 Å². The first-order chi connectivity index (χ1) is 23.8. The fraction of sp³-hybridized carbons (Fsp3) is 0.500. The molecule has 4 aliphatic rings. The second kappa shape index (κ2) is 14.2. The molecule has 0 N–H and O–H groups in total. The van der Waals surface area contributed by atoms with Crippen molar-refractivity contribution >= 4 is 28.7 Å². The van der Waals surface area contributed by atoms with E-state index in [0.717, 1.165) is 67.0 Å². The van der Waals surface area contributed by atoms with Gasteiger partial charge in [0, 0.05) is 17.7 Å². The highest BCUT2D eigenvalue weighted by Gasteiger charge is 2.53. The van der Waals surface area contributed by atoms with Crippen LogP contribution in [0.25, 0.3) is 10.9 Å². The molecule has 0 unspecified atom stereocenters. The van der Waals surface area contributed by atoms with Crippen molar-refractivity contribution in [1.82, 2.24) is 9.88 Å². The van der Waals surface area contributed by atoms with Crippen LogP contribution in [0.2, 0.25) is 0 Å². The number of rotatable bonds is 5. The van der Waals surface area contributed by atoms with Crippen LogP contribution < -0.4 is 9.47 Å². The molecule has 5 atom stereocenters. The van der Waals surface area contributed by atoms with Crippen LogP contribution in [0.3, 0.4) is 0 Å². The van der Waals surface area contributed by atoms with Gasteiger partial charge in [0.15, 0.2) is 0 Å². The van der Waals surface area contributed by atoms with E-state index in [1.807, 2.05) is 61.5 Å². The van der Waals surface area contributed by atoms with Crippen LogP contribution in [0.5, 0.6) is 11.6 Å². The van der Waals surface area contributed by atoms with Gasteiger partial charge in [0.05, 0.1) is 37.1 Å². The molecule has 49 heavy (non-hydrogen) atoms. The maximum absolute atomic E-state index is 14.4. The van der Waals surface area contributed by atoms with Gasteiger partial charge in [-0.1, -0.05) is 67.5 Å². The summed E-state index contributed by atoms with van der Waals surface area (Å²) in [6.07, 6.45) is 10.9. The number of aromatic nitrogens is 1. The van der Waals surface area contributed by atoms with Crippen molar-refractivity contribution in [2.24, 2.45) is 17.8 Å². The molecule has 2 aromatic carbocycles. The molecular formula is C40H46N2O7. The third-order valence-corrected chi connectivity index (χ3v) is 11.0. The van der Waals surface area contributed by atoms with Crippen LogP contribution >= 0.6 is 0 Å². The summed E-state index contributed by atoms with van der Waals surface area (Å²) in [4.78, 5) is 47.6. The number of nitrogens with zero attached hydrogens (tertiary/aromatic N) is 2. The number of pyridine rings is 1. The number of hydrogen-bond acceptors (Lipinski definition) is 8. The molecule has 3 heterocycles. The van der Waals surface area contributed by atoms with E-state index in [0.29, 0.717) is 24.7 Å². The Morgan fingerprint density at radius 2 is 1.80 bits per heavy atom. The number of fused-ring (bicyclic) bond motifs is 5. The molecule has 2 saturated carbocycles. The third kappa shape index (κ3) is 7.17. The van der Waals surface area contributed by atoms with Gasteiger partial charge in [0.25, 0.3) is 0 Å². The number of carbonyl (C=O) groups excluding carboxylic acids is 3. The van der Waals surface area contributed by atoms with Crippen molar-refractivity contribution < 1.29 is 33.3 Å². The summed E-state index contributed by atoms with van der Waals surface area (Å²) in [5.74, 6) is -0.108. The summed E-state index contributed by atoms with van der Waals surface area (Å²) < 4.78 is 24.6. The van der Waals surface area contributed by atoms with Gasteiger partial charge in [-0.2, -0.15) is 0 Å². The van der Waals surface area contributed by atoms with Crippen molar-refractivity contribution in [3.63, 3.8) is 0 Å². The average molecular weight is 667 g/mol. The number of amides is 1. The van der Waals surface area contributed by atoms with Crippen molar-refractivity contribution in [1.29, 1.82) is 0 Å². The molecule has 0 radical (unpaired) electrons. The predicted molar refractivity (Wildman–Crippen MR) is 184 cm³/mol. The van der Waals surface area contributed by atoms with Crippen LogP contribution in [0.4, 0.5) is 0 Å².